The van der Waals surface area contributed by atoms with E-state index < -0.39 is 0 Å². The number of benzene rings is 2. The van der Waals surface area contributed by atoms with Crippen molar-refractivity contribution < 1.29 is 14.2 Å². The standard InChI is InChI=1S/C20H23ClN2O3/c21-16-2-4-17(5-3-16)23-11-9-22(10-12-23)8-1-13-24-18-6-7-19-20(14-18)26-15-25-19/h2-7,14H,1,8-13,15H2. The van der Waals surface area contributed by atoms with E-state index in [1.807, 2.05) is 30.3 Å². The summed E-state index contributed by atoms with van der Waals surface area (Å²) in [6.45, 7) is 6.30. The molecule has 0 N–H and O–H groups in total. The van der Waals surface area contributed by atoms with E-state index in [0.29, 0.717) is 13.4 Å². The molecule has 0 spiro atoms. The van der Waals surface area contributed by atoms with Gasteiger partial charge in [-0.2, -0.15) is 0 Å². The molecule has 2 aliphatic rings. The first-order valence-corrected chi connectivity index (χ1v) is 9.41. The van der Waals surface area contributed by atoms with Crippen LogP contribution in [-0.2, 0) is 0 Å². The van der Waals surface area contributed by atoms with Crippen LogP contribution in [0.2, 0.25) is 5.02 Å². The summed E-state index contributed by atoms with van der Waals surface area (Å²) in [7, 11) is 0. The molecule has 26 heavy (non-hydrogen) atoms. The van der Waals surface area contributed by atoms with Crippen molar-refractivity contribution in [1.29, 1.82) is 0 Å². The Kier molecular flexibility index (Phi) is 5.37. The Labute approximate surface area is 159 Å². The van der Waals surface area contributed by atoms with Crippen molar-refractivity contribution in [3.05, 3.63) is 47.5 Å². The second-order valence-electron chi connectivity index (χ2n) is 6.52. The Morgan fingerprint density at radius 2 is 1.69 bits per heavy atom. The highest BCUT2D eigenvalue weighted by Crippen LogP contribution is 2.35. The smallest absolute Gasteiger partial charge is 0.231 e. The SMILES string of the molecule is Clc1ccc(N2CCN(CCCOc3ccc4c(c3)OCO4)CC2)cc1. The van der Waals surface area contributed by atoms with Crippen LogP contribution in [0.5, 0.6) is 17.2 Å². The number of anilines is 1. The molecule has 2 aromatic rings. The van der Waals surface area contributed by atoms with Crippen molar-refractivity contribution >= 4 is 17.3 Å². The number of rotatable bonds is 6. The lowest BCUT2D eigenvalue weighted by Crippen LogP contribution is -2.46. The molecular weight excluding hydrogens is 352 g/mol. The van der Waals surface area contributed by atoms with Crippen molar-refractivity contribution in [1.82, 2.24) is 4.90 Å². The number of hydrogen-bond donors (Lipinski definition) is 0. The Hall–Kier alpha value is -2.11. The molecule has 6 heteroatoms. The molecular formula is C20H23ClN2O3. The van der Waals surface area contributed by atoms with E-state index in [4.69, 9.17) is 25.8 Å². The van der Waals surface area contributed by atoms with Crippen LogP contribution >= 0.6 is 11.6 Å². The zero-order valence-electron chi connectivity index (χ0n) is 14.7. The fourth-order valence-corrected chi connectivity index (χ4v) is 3.45. The van der Waals surface area contributed by atoms with Crippen LogP contribution in [0.15, 0.2) is 42.5 Å². The average Bonchev–Trinajstić information content (AvgIpc) is 3.14. The lowest BCUT2D eigenvalue weighted by atomic mass is 10.2. The molecule has 5 nitrogen and oxygen atoms in total. The molecule has 2 aliphatic heterocycles. The third-order valence-electron chi connectivity index (χ3n) is 4.80. The van der Waals surface area contributed by atoms with Gasteiger partial charge in [0.05, 0.1) is 6.61 Å². The van der Waals surface area contributed by atoms with E-state index in [9.17, 15) is 0 Å². The maximum absolute atomic E-state index is 5.96. The van der Waals surface area contributed by atoms with Gasteiger partial charge < -0.3 is 19.1 Å². The monoisotopic (exact) mass is 374 g/mol. The minimum atomic E-state index is 0.292. The fourth-order valence-electron chi connectivity index (χ4n) is 3.33. The summed E-state index contributed by atoms with van der Waals surface area (Å²) in [5.74, 6) is 2.39. The predicted octanol–water partition coefficient (Wildman–Crippen LogP) is 3.66. The van der Waals surface area contributed by atoms with E-state index >= 15 is 0 Å². The summed E-state index contributed by atoms with van der Waals surface area (Å²) < 4.78 is 16.5. The number of piperazine rings is 1. The number of ether oxygens (including phenoxy) is 3. The van der Waals surface area contributed by atoms with Gasteiger partial charge in [-0.3, -0.25) is 4.90 Å². The lowest BCUT2D eigenvalue weighted by molar-refractivity contribution is 0.173. The van der Waals surface area contributed by atoms with Crippen molar-refractivity contribution in [3.8, 4) is 17.2 Å². The zero-order chi connectivity index (χ0) is 17.8. The van der Waals surface area contributed by atoms with Crippen LogP contribution < -0.4 is 19.1 Å². The highest BCUT2D eigenvalue weighted by molar-refractivity contribution is 6.30. The van der Waals surface area contributed by atoms with Gasteiger partial charge in [-0.1, -0.05) is 11.6 Å². The first kappa shape index (κ1) is 17.3. The lowest BCUT2D eigenvalue weighted by Gasteiger charge is -2.36. The zero-order valence-corrected chi connectivity index (χ0v) is 15.5. The minimum absolute atomic E-state index is 0.292. The molecule has 2 heterocycles. The largest absolute Gasteiger partial charge is 0.493 e. The molecule has 0 unspecified atom stereocenters. The molecule has 0 aliphatic carbocycles. The summed E-state index contributed by atoms with van der Waals surface area (Å²) in [5.41, 5.74) is 1.25. The molecule has 138 valence electrons. The number of hydrogen-bond acceptors (Lipinski definition) is 5. The molecule has 1 saturated heterocycles. The van der Waals surface area contributed by atoms with E-state index in [2.05, 4.69) is 21.9 Å². The molecule has 0 radical (unpaired) electrons. The number of fused-ring (bicyclic) bond motifs is 1. The van der Waals surface area contributed by atoms with Crippen molar-refractivity contribution in [3.63, 3.8) is 0 Å². The predicted molar refractivity (Wildman–Crippen MR) is 103 cm³/mol. The number of nitrogens with zero attached hydrogens (tertiary/aromatic N) is 2. The maximum Gasteiger partial charge on any atom is 0.231 e. The van der Waals surface area contributed by atoms with Crippen molar-refractivity contribution in [2.75, 3.05) is 51.0 Å². The van der Waals surface area contributed by atoms with Gasteiger partial charge in [-0.25, -0.2) is 0 Å². The highest BCUT2D eigenvalue weighted by Gasteiger charge is 2.17. The number of halogens is 1. The Bertz CT molecular complexity index is 730. The van der Waals surface area contributed by atoms with Gasteiger partial charge >= 0.3 is 0 Å². The first-order chi connectivity index (χ1) is 12.8. The normalized spacial score (nSPS) is 16.7. The summed E-state index contributed by atoms with van der Waals surface area (Å²) >= 11 is 5.96. The molecule has 0 amide bonds. The van der Waals surface area contributed by atoms with Gasteiger partial charge in [0.25, 0.3) is 0 Å². The third-order valence-corrected chi connectivity index (χ3v) is 5.05. The van der Waals surface area contributed by atoms with E-state index in [1.54, 1.807) is 0 Å². The van der Waals surface area contributed by atoms with Crippen LogP contribution in [0.1, 0.15) is 6.42 Å². The maximum atomic E-state index is 5.96. The van der Waals surface area contributed by atoms with Gasteiger partial charge in [-0.15, -0.1) is 0 Å². The second kappa shape index (κ2) is 8.06. The summed E-state index contributed by atoms with van der Waals surface area (Å²) in [4.78, 5) is 4.91. The van der Waals surface area contributed by atoms with Crippen molar-refractivity contribution in [2.24, 2.45) is 0 Å². The fraction of sp³-hybridized carbons (Fsp3) is 0.400. The average molecular weight is 375 g/mol. The molecule has 0 saturated carbocycles. The summed E-state index contributed by atoms with van der Waals surface area (Å²) in [6.07, 6.45) is 1.01. The molecule has 1 fully saturated rings. The Morgan fingerprint density at radius 3 is 2.50 bits per heavy atom. The van der Waals surface area contributed by atoms with Gasteiger partial charge in [-0.05, 0) is 42.8 Å². The van der Waals surface area contributed by atoms with Gasteiger partial charge in [0.2, 0.25) is 6.79 Å². The molecule has 0 atom stereocenters. The van der Waals surface area contributed by atoms with E-state index in [1.165, 1.54) is 5.69 Å². The van der Waals surface area contributed by atoms with Crippen LogP contribution in [0, 0.1) is 0 Å². The quantitative estimate of drug-likeness (QED) is 0.721. The van der Waals surface area contributed by atoms with Gasteiger partial charge in [0, 0.05) is 49.5 Å². The molecule has 0 bridgehead atoms. The minimum Gasteiger partial charge on any atom is -0.493 e. The van der Waals surface area contributed by atoms with E-state index in [0.717, 1.165) is 61.4 Å². The van der Waals surface area contributed by atoms with Crippen LogP contribution in [0.4, 0.5) is 5.69 Å². The molecule has 0 aromatic heterocycles. The van der Waals surface area contributed by atoms with Crippen LogP contribution in [0.3, 0.4) is 0 Å². The van der Waals surface area contributed by atoms with E-state index in [-0.39, 0.29) is 0 Å². The topological polar surface area (TPSA) is 34.2 Å². The second-order valence-corrected chi connectivity index (χ2v) is 6.96. The molecule has 4 rings (SSSR count). The van der Waals surface area contributed by atoms with Crippen LogP contribution in [0.25, 0.3) is 0 Å². The summed E-state index contributed by atoms with van der Waals surface area (Å²) in [6, 6.07) is 13.8. The van der Waals surface area contributed by atoms with Gasteiger partial charge in [0.1, 0.15) is 5.75 Å². The van der Waals surface area contributed by atoms with Gasteiger partial charge in [0.15, 0.2) is 11.5 Å². The first-order valence-electron chi connectivity index (χ1n) is 9.03. The van der Waals surface area contributed by atoms with Crippen LogP contribution in [-0.4, -0.2) is 51.0 Å². The summed E-state index contributed by atoms with van der Waals surface area (Å²) in [5, 5.41) is 0.787. The Balaban J connectivity index is 1.17. The Morgan fingerprint density at radius 1 is 0.923 bits per heavy atom. The highest BCUT2D eigenvalue weighted by atomic mass is 35.5. The third kappa shape index (κ3) is 4.17. The van der Waals surface area contributed by atoms with Crippen molar-refractivity contribution in [2.45, 2.75) is 6.42 Å². The molecule has 2 aromatic carbocycles.